The molecule has 0 bridgehead atoms. The van der Waals surface area contributed by atoms with E-state index in [-0.39, 0.29) is 5.41 Å². The molecule has 0 atom stereocenters. The van der Waals surface area contributed by atoms with Gasteiger partial charge in [-0.25, -0.2) is 9.97 Å². The second kappa shape index (κ2) is 9.80. The predicted octanol–water partition coefficient (Wildman–Crippen LogP) is 12.7. The zero-order valence-corrected chi connectivity index (χ0v) is 28.8. The van der Waals surface area contributed by atoms with Gasteiger partial charge in [-0.05, 0) is 66.9 Å². The van der Waals surface area contributed by atoms with Crippen LogP contribution in [0.15, 0.2) is 152 Å². The molecule has 2 aliphatic rings. The van der Waals surface area contributed by atoms with Crippen molar-refractivity contribution in [2.24, 2.45) is 0 Å². The average molecular weight is 662 g/mol. The molecule has 0 fully saturated rings. The molecule has 0 unspecified atom stereocenters. The molecule has 0 saturated heterocycles. The van der Waals surface area contributed by atoms with E-state index in [2.05, 4.69) is 170 Å². The number of benzene rings is 8. The Kier molecular flexibility index (Phi) is 5.31. The number of para-hydroxylation sites is 1. The lowest BCUT2D eigenvalue weighted by molar-refractivity contribution is 0.660. The van der Waals surface area contributed by atoms with Gasteiger partial charge in [0.2, 0.25) is 5.95 Å². The van der Waals surface area contributed by atoms with Gasteiger partial charge in [0.1, 0.15) is 0 Å². The van der Waals surface area contributed by atoms with Gasteiger partial charge in [-0.15, -0.1) is 0 Å². The van der Waals surface area contributed by atoms with Crippen molar-refractivity contribution < 1.29 is 0 Å². The molecule has 3 heteroatoms. The second-order valence-corrected chi connectivity index (χ2v) is 14.9. The van der Waals surface area contributed by atoms with Gasteiger partial charge in [0.25, 0.3) is 0 Å². The molecule has 10 aromatic rings. The first-order chi connectivity index (χ1) is 25.6. The van der Waals surface area contributed by atoms with Crippen LogP contribution in [0.1, 0.15) is 25.0 Å². The zero-order valence-electron chi connectivity index (χ0n) is 28.8. The number of fused-ring (bicyclic) bond motifs is 14. The van der Waals surface area contributed by atoms with E-state index in [1.54, 1.807) is 0 Å². The highest BCUT2D eigenvalue weighted by Gasteiger charge is 2.36. The Morgan fingerprint density at radius 2 is 1.12 bits per heavy atom. The first-order valence-electron chi connectivity index (χ1n) is 18.1. The average Bonchev–Trinajstić information content (AvgIpc) is 3.79. The Bertz CT molecular complexity index is 3210. The predicted molar refractivity (Wildman–Crippen MR) is 216 cm³/mol. The number of aromatic nitrogens is 3. The van der Waals surface area contributed by atoms with Gasteiger partial charge in [-0.1, -0.05) is 153 Å². The molecule has 0 spiro atoms. The Morgan fingerprint density at radius 3 is 1.94 bits per heavy atom. The van der Waals surface area contributed by atoms with E-state index in [0.717, 1.165) is 38.8 Å². The van der Waals surface area contributed by atoms with E-state index >= 15 is 0 Å². The van der Waals surface area contributed by atoms with E-state index in [1.165, 1.54) is 71.3 Å². The highest BCUT2D eigenvalue weighted by molar-refractivity contribution is 6.27. The molecular weight excluding hydrogens is 631 g/mol. The van der Waals surface area contributed by atoms with Gasteiger partial charge in [-0.2, -0.15) is 0 Å². The Hall–Kier alpha value is -6.58. The molecule has 0 amide bonds. The molecule has 0 saturated carbocycles. The Balaban J connectivity index is 1.24. The van der Waals surface area contributed by atoms with Crippen molar-refractivity contribution in [3.8, 4) is 50.7 Å². The number of hydrogen-bond acceptors (Lipinski definition) is 2. The van der Waals surface area contributed by atoms with E-state index < -0.39 is 0 Å². The first-order valence-corrected chi connectivity index (χ1v) is 18.1. The summed E-state index contributed by atoms with van der Waals surface area (Å²) in [5.74, 6) is 0.688. The second-order valence-electron chi connectivity index (χ2n) is 14.9. The maximum atomic E-state index is 5.70. The maximum Gasteiger partial charge on any atom is 0.235 e. The fourth-order valence-corrected chi connectivity index (χ4v) is 9.64. The molecule has 2 aromatic heterocycles. The largest absolute Gasteiger partial charge is 0.277 e. The standard InChI is InChI=1S/C49H31N3/c1-49(2)39-23-9-7-17-32(39)33-26-25-29(27-40(33)49)45-44-34-18-5-3-15-30(34)31-16-4-6-19-35(31)46(44)51-48(50-45)52-41-24-10-8-20-36(41)43-37-21-11-13-28-14-12-22-38(42(28)37)47(43)52/h3-27H,1-2H3. The SMILES string of the molecule is CC1(C)c2ccccc2-c2ccc(-c3nc(-n4c5c(c6ccccc64)-c4cccc6cccc-5c46)nc4c5ccccc5c5ccccc5c34)cc21. The van der Waals surface area contributed by atoms with Crippen LogP contribution in [0.2, 0.25) is 0 Å². The minimum atomic E-state index is -0.135. The molecule has 52 heavy (non-hydrogen) atoms. The quantitative estimate of drug-likeness (QED) is 0.173. The Labute approximate surface area is 300 Å². The van der Waals surface area contributed by atoms with Crippen molar-refractivity contribution in [1.82, 2.24) is 14.5 Å². The molecule has 12 rings (SSSR count). The number of hydrogen-bond donors (Lipinski definition) is 0. The molecule has 2 aliphatic carbocycles. The van der Waals surface area contributed by atoms with Crippen molar-refractivity contribution in [2.75, 3.05) is 0 Å². The van der Waals surface area contributed by atoms with Crippen LogP contribution in [0.25, 0.3) is 105 Å². The van der Waals surface area contributed by atoms with Crippen molar-refractivity contribution in [2.45, 2.75) is 19.3 Å². The monoisotopic (exact) mass is 661 g/mol. The lowest BCUT2D eigenvalue weighted by Gasteiger charge is -2.22. The van der Waals surface area contributed by atoms with Crippen LogP contribution in [0.3, 0.4) is 0 Å². The minimum absolute atomic E-state index is 0.135. The lowest BCUT2D eigenvalue weighted by atomic mass is 9.81. The third-order valence-corrected chi connectivity index (χ3v) is 11.9. The van der Waals surface area contributed by atoms with E-state index in [1.807, 2.05) is 0 Å². The summed E-state index contributed by atoms with van der Waals surface area (Å²) in [5.41, 5.74) is 14.3. The third kappa shape index (κ3) is 3.45. The van der Waals surface area contributed by atoms with Gasteiger partial charge >= 0.3 is 0 Å². The Morgan fingerprint density at radius 1 is 0.481 bits per heavy atom. The van der Waals surface area contributed by atoms with Crippen molar-refractivity contribution >= 4 is 54.1 Å². The molecule has 8 aromatic carbocycles. The molecule has 3 nitrogen and oxygen atoms in total. The van der Waals surface area contributed by atoms with Crippen molar-refractivity contribution in [3.05, 3.63) is 163 Å². The summed E-state index contributed by atoms with van der Waals surface area (Å²) in [5, 5.41) is 9.57. The molecule has 0 aliphatic heterocycles. The van der Waals surface area contributed by atoms with Crippen LogP contribution in [0.4, 0.5) is 0 Å². The summed E-state index contributed by atoms with van der Waals surface area (Å²) >= 11 is 0. The molecular formula is C49H31N3. The van der Waals surface area contributed by atoms with Gasteiger partial charge in [0.05, 0.1) is 22.4 Å². The third-order valence-electron chi connectivity index (χ3n) is 11.9. The van der Waals surface area contributed by atoms with E-state index in [4.69, 9.17) is 9.97 Å². The molecule has 0 radical (unpaired) electrons. The van der Waals surface area contributed by atoms with Crippen LogP contribution < -0.4 is 0 Å². The van der Waals surface area contributed by atoms with Crippen LogP contribution in [0, 0.1) is 0 Å². The summed E-state index contributed by atoms with van der Waals surface area (Å²) in [6.07, 6.45) is 0. The highest BCUT2D eigenvalue weighted by atomic mass is 15.2. The van der Waals surface area contributed by atoms with Crippen molar-refractivity contribution in [3.63, 3.8) is 0 Å². The van der Waals surface area contributed by atoms with Crippen LogP contribution >= 0.6 is 0 Å². The summed E-state index contributed by atoms with van der Waals surface area (Å²) in [6, 6.07) is 55.4. The van der Waals surface area contributed by atoms with Gasteiger partial charge in [0.15, 0.2) is 0 Å². The lowest BCUT2D eigenvalue weighted by Crippen LogP contribution is -2.15. The highest BCUT2D eigenvalue weighted by Crippen LogP contribution is 2.53. The number of rotatable bonds is 2. The smallest absolute Gasteiger partial charge is 0.235 e. The minimum Gasteiger partial charge on any atom is -0.277 e. The van der Waals surface area contributed by atoms with Gasteiger partial charge < -0.3 is 0 Å². The number of nitrogens with zero attached hydrogens (tertiary/aromatic N) is 3. The summed E-state index contributed by atoms with van der Waals surface area (Å²) < 4.78 is 2.33. The van der Waals surface area contributed by atoms with E-state index in [9.17, 15) is 0 Å². The molecule has 242 valence electrons. The first kappa shape index (κ1) is 28.2. The zero-order chi connectivity index (χ0) is 34.3. The molecule has 2 heterocycles. The molecule has 0 N–H and O–H groups in total. The summed E-state index contributed by atoms with van der Waals surface area (Å²) in [6.45, 7) is 4.70. The van der Waals surface area contributed by atoms with Crippen LogP contribution in [-0.4, -0.2) is 14.5 Å². The normalized spacial score (nSPS) is 13.7. The summed E-state index contributed by atoms with van der Waals surface area (Å²) in [7, 11) is 0. The van der Waals surface area contributed by atoms with E-state index in [0.29, 0.717) is 5.95 Å². The maximum absolute atomic E-state index is 5.70. The fraction of sp³-hybridized carbons (Fsp3) is 0.0612. The fourth-order valence-electron chi connectivity index (χ4n) is 9.64. The van der Waals surface area contributed by atoms with Crippen LogP contribution in [0.5, 0.6) is 0 Å². The van der Waals surface area contributed by atoms with Gasteiger partial charge in [0, 0.05) is 38.3 Å². The van der Waals surface area contributed by atoms with Crippen molar-refractivity contribution in [1.29, 1.82) is 0 Å². The van der Waals surface area contributed by atoms with Gasteiger partial charge in [-0.3, -0.25) is 4.57 Å². The van der Waals surface area contributed by atoms with Crippen LogP contribution in [-0.2, 0) is 5.41 Å². The topological polar surface area (TPSA) is 30.7 Å². The summed E-state index contributed by atoms with van der Waals surface area (Å²) in [4.78, 5) is 11.3.